The van der Waals surface area contributed by atoms with E-state index in [1.807, 2.05) is 30.3 Å². The van der Waals surface area contributed by atoms with Crippen molar-refractivity contribution in [3.63, 3.8) is 0 Å². The van der Waals surface area contributed by atoms with Gasteiger partial charge in [-0.15, -0.1) is 0 Å². The van der Waals surface area contributed by atoms with Crippen LogP contribution in [0.4, 0.5) is 0 Å². The molecule has 1 aromatic carbocycles. The molecule has 3 heteroatoms. The van der Waals surface area contributed by atoms with Gasteiger partial charge in [-0.3, -0.25) is 4.79 Å². The van der Waals surface area contributed by atoms with Crippen LogP contribution >= 0.6 is 15.9 Å². The average molecular weight is 241 g/mol. The number of hydrogen-bond acceptors (Lipinski definition) is 2. The predicted octanol–water partition coefficient (Wildman–Crippen LogP) is 2.44. The van der Waals surface area contributed by atoms with Crippen molar-refractivity contribution in [2.45, 2.75) is 17.4 Å². The molecule has 0 amide bonds. The molecule has 0 spiro atoms. The van der Waals surface area contributed by atoms with Gasteiger partial charge in [-0.05, 0) is 5.56 Å². The lowest BCUT2D eigenvalue weighted by Crippen LogP contribution is -2.05. The number of esters is 1. The summed E-state index contributed by atoms with van der Waals surface area (Å²) in [6.07, 6.45) is 0.341. The highest BCUT2D eigenvalue weighted by atomic mass is 79.9. The second kappa shape index (κ2) is 3.50. The number of alkyl halides is 1. The summed E-state index contributed by atoms with van der Waals surface area (Å²) in [4.78, 5) is 11.1. The maximum atomic E-state index is 11.0. The van der Waals surface area contributed by atoms with Gasteiger partial charge in [0.15, 0.2) is 0 Å². The van der Waals surface area contributed by atoms with Gasteiger partial charge >= 0.3 is 5.97 Å². The minimum Gasteiger partial charge on any atom is -0.456 e. The van der Waals surface area contributed by atoms with Crippen LogP contribution in [0.15, 0.2) is 30.3 Å². The van der Waals surface area contributed by atoms with E-state index in [4.69, 9.17) is 4.74 Å². The highest BCUT2D eigenvalue weighted by Crippen LogP contribution is 2.34. The van der Waals surface area contributed by atoms with Crippen LogP contribution in [-0.2, 0) is 9.53 Å². The number of carbonyl (C=O) groups excluding carboxylic acids is 1. The molecule has 0 aromatic heterocycles. The molecule has 2 nitrogen and oxygen atoms in total. The fourth-order valence-electron chi connectivity index (χ4n) is 1.45. The first kappa shape index (κ1) is 8.75. The first-order valence-corrected chi connectivity index (χ1v) is 5.07. The molecule has 0 bridgehead atoms. The standard InChI is InChI=1S/C10H9BrO2/c11-8-6-9(12)13-10(8)7-4-2-1-3-5-7/h1-5,8,10H,6H2/t8-,10-/m0/s1. The van der Waals surface area contributed by atoms with Crippen molar-refractivity contribution in [3.05, 3.63) is 35.9 Å². The molecule has 1 saturated heterocycles. The first-order chi connectivity index (χ1) is 6.27. The molecule has 1 aliphatic heterocycles. The van der Waals surface area contributed by atoms with E-state index < -0.39 is 0 Å². The SMILES string of the molecule is O=C1C[C@H](Br)[C@H](c2ccccc2)O1. The van der Waals surface area contributed by atoms with Crippen molar-refractivity contribution in [2.75, 3.05) is 0 Å². The van der Waals surface area contributed by atoms with Gasteiger partial charge in [-0.1, -0.05) is 46.3 Å². The molecule has 0 radical (unpaired) electrons. The zero-order valence-electron chi connectivity index (χ0n) is 6.94. The Morgan fingerprint density at radius 1 is 1.31 bits per heavy atom. The normalized spacial score (nSPS) is 27.3. The van der Waals surface area contributed by atoms with Crippen LogP contribution in [0.25, 0.3) is 0 Å². The minimum absolute atomic E-state index is 0.113. The van der Waals surface area contributed by atoms with Gasteiger partial charge in [0.05, 0.1) is 11.2 Å². The molecule has 1 aliphatic rings. The highest BCUT2D eigenvalue weighted by Gasteiger charge is 2.33. The Hall–Kier alpha value is -0.830. The summed E-state index contributed by atoms with van der Waals surface area (Å²) in [6, 6.07) is 9.78. The maximum absolute atomic E-state index is 11.0. The van der Waals surface area contributed by atoms with Crippen molar-refractivity contribution in [3.8, 4) is 0 Å². The molecule has 0 unspecified atom stereocenters. The number of hydrogen-bond donors (Lipinski definition) is 0. The van der Waals surface area contributed by atoms with Crippen LogP contribution in [0.5, 0.6) is 0 Å². The van der Waals surface area contributed by atoms with Crippen LogP contribution in [0, 0.1) is 0 Å². The number of ether oxygens (including phenoxy) is 1. The monoisotopic (exact) mass is 240 g/mol. The number of benzene rings is 1. The Morgan fingerprint density at radius 3 is 2.54 bits per heavy atom. The van der Waals surface area contributed by atoms with E-state index in [1.54, 1.807) is 0 Å². The third kappa shape index (κ3) is 1.75. The molecule has 68 valence electrons. The molecule has 2 rings (SSSR count). The largest absolute Gasteiger partial charge is 0.456 e. The Balaban J connectivity index is 2.23. The first-order valence-electron chi connectivity index (χ1n) is 4.16. The molecule has 1 aromatic rings. The van der Waals surface area contributed by atoms with Crippen molar-refractivity contribution in [2.24, 2.45) is 0 Å². The second-order valence-electron chi connectivity index (χ2n) is 3.04. The predicted molar refractivity (Wildman–Crippen MR) is 52.6 cm³/mol. The highest BCUT2D eigenvalue weighted by molar-refractivity contribution is 9.09. The van der Waals surface area contributed by atoms with Gasteiger partial charge < -0.3 is 4.74 Å². The fraction of sp³-hybridized carbons (Fsp3) is 0.300. The Labute approximate surface area is 85.0 Å². The van der Waals surface area contributed by atoms with Gasteiger partial charge in [0.25, 0.3) is 0 Å². The Kier molecular flexibility index (Phi) is 2.36. The van der Waals surface area contributed by atoms with Crippen molar-refractivity contribution in [1.29, 1.82) is 0 Å². The Bertz CT molecular complexity index is 310. The maximum Gasteiger partial charge on any atom is 0.307 e. The summed E-state index contributed by atoms with van der Waals surface area (Å²) in [5, 5.41) is 0. The van der Waals surface area contributed by atoms with Crippen LogP contribution in [0.3, 0.4) is 0 Å². The summed E-state index contributed by atoms with van der Waals surface area (Å²) in [7, 11) is 0. The van der Waals surface area contributed by atoms with E-state index in [0.717, 1.165) is 5.56 Å². The lowest BCUT2D eigenvalue weighted by Gasteiger charge is -2.12. The van der Waals surface area contributed by atoms with Crippen molar-refractivity contribution >= 4 is 21.9 Å². The summed E-state index contributed by atoms with van der Waals surface area (Å²) in [5.74, 6) is -0.129. The van der Waals surface area contributed by atoms with Crippen LogP contribution in [0.1, 0.15) is 18.1 Å². The number of rotatable bonds is 1. The number of halogens is 1. The molecule has 0 saturated carbocycles. The van der Waals surface area contributed by atoms with Crippen molar-refractivity contribution in [1.82, 2.24) is 0 Å². The quantitative estimate of drug-likeness (QED) is 0.557. The number of carbonyl (C=O) groups is 1. The molecular weight excluding hydrogens is 232 g/mol. The van der Waals surface area contributed by atoms with E-state index in [1.165, 1.54) is 0 Å². The number of cyclic esters (lactones) is 1. The van der Waals surface area contributed by atoms with Crippen LogP contribution < -0.4 is 0 Å². The van der Waals surface area contributed by atoms with Crippen LogP contribution in [0.2, 0.25) is 0 Å². The molecule has 0 N–H and O–H groups in total. The van der Waals surface area contributed by atoms with Gasteiger partial charge in [-0.2, -0.15) is 0 Å². The summed E-state index contributed by atoms with van der Waals surface area (Å²) in [6.45, 7) is 0. The summed E-state index contributed by atoms with van der Waals surface area (Å²) < 4.78 is 5.17. The minimum atomic E-state index is -0.129. The Morgan fingerprint density at radius 2 is 2.00 bits per heavy atom. The van der Waals surface area contributed by atoms with Crippen molar-refractivity contribution < 1.29 is 9.53 Å². The van der Waals surface area contributed by atoms with Gasteiger partial charge in [0.2, 0.25) is 0 Å². The third-order valence-electron chi connectivity index (χ3n) is 2.08. The molecule has 0 aliphatic carbocycles. The van der Waals surface area contributed by atoms with Gasteiger partial charge in [-0.25, -0.2) is 0 Å². The molecular formula is C10H9BrO2. The molecule has 2 atom stereocenters. The van der Waals surface area contributed by atoms with Crippen LogP contribution in [-0.4, -0.2) is 10.8 Å². The summed E-state index contributed by atoms with van der Waals surface area (Å²) in [5.41, 5.74) is 1.05. The summed E-state index contributed by atoms with van der Waals surface area (Å²) >= 11 is 3.44. The fourth-order valence-corrected chi connectivity index (χ4v) is 2.13. The molecule has 13 heavy (non-hydrogen) atoms. The molecule has 1 fully saturated rings. The van der Waals surface area contributed by atoms with E-state index in [0.29, 0.717) is 6.42 Å². The topological polar surface area (TPSA) is 26.3 Å². The smallest absolute Gasteiger partial charge is 0.307 e. The van der Waals surface area contributed by atoms with E-state index in [2.05, 4.69) is 15.9 Å². The zero-order valence-corrected chi connectivity index (χ0v) is 8.53. The lowest BCUT2D eigenvalue weighted by atomic mass is 10.1. The van der Waals surface area contributed by atoms with Gasteiger partial charge in [0, 0.05) is 0 Å². The second-order valence-corrected chi connectivity index (χ2v) is 4.22. The zero-order chi connectivity index (χ0) is 9.26. The third-order valence-corrected chi connectivity index (χ3v) is 2.88. The molecule has 1 heterocycles. The van der Waals surface area contributed by atoms with Gasteiger partial charge in [0.1, 0.15) is 6.10 Å². The van der Waals surface area contributed by atoms with E-state index in [-0.39, 0.29) is 16.9 Å². The lowest BCUT2D eigenvalue weighted by molar-refractivity contribution is -0.141. The van der Waals surface area contributed by atoms with E-state index >= 15 is 0 Å². The van der Waals surface area contributed by atoms with E-state index in [9.17, 15) is 4.79 Å². The average Bonchev–Trinajstić information content (AvgIpc) is 2.47.